The monoisotopic (exact) mass is 387 g/mol. The predicted molar refractivity (Wildman–Crippen MR) is 112 cm³/mol. The van der Waals surface area contributed by atoms with Crippen LogP contribution in [0.2, 0.25) is 0 Å². The Hall–Kier alpha value is -3.80. The Bertz CT molecular complexity index is 1020. The molecule has 2 aromatic carbocycles. The van der Waals surface area contributed by atoms with Gasteiger partial charge in [0.2, 0.25) is 5.91 Å². The van der Waals surface area contributed by atoms with Crippen molar-refractivity contribution in [2.45, 2.75) is 19.8 Å². The number of amides is 2. The van der Waals surface area contributed by atoms with Crippen LogP contribution in [0.1, 0.15) is 39.1 Å². The van der Waals surface area contributed by atoms with Gasteiger partial charge in [-0.2, -0.15) is 0 Å². The molecule has 0 saturated heterocycles. The number of Topliss-reactive ketones (excluding diaryl/α,β-unsaturated/α-hetero) is 1. The highest BCUT2D eigenvalue weighted by atomic mass is 16.2. The van der Waals surface area contributed by atoms with Crippen molar-refractivity contribution in [2.24, 2.45) is 0 Å². The standard InChI is InChI=1S/C23H21N3O3/c1-16-8-10-17(11-9-16)21(27)12-13-22(28)25-19-6-2-3-7-20(19)26-23(29)18-5-4-14-24-15-18/h2-11,14-15H,12-13H2,1H3,(H,25,28)(H,26,29). The number of aryl methyl sites for hydroxylation is 1. The van der Waals surface area contributed by atoms with Crippen LogP contribution in [0.3, 0.4) is 0 Å². The average Bonchev–Trinajstić information content (AvgIpc) is 2.74. The Labute approximate surface area is 169 Å². The number of hydrogen-bond acceptors (Lipinski definition) is 4. The van der Waals surface area contributed by atoms with Crippen molar-refractivity contribution in [3.05, 3.63) is 89.7 Å². The van der Waals surface area contributed by atoms with E-state index in [-0.39, 0.29) is 30.4 Å². The van der Waals surface area contributed by atoms with E-state index in [0.717, 1.165) is 5.56 Å². The summed E-state index contributed by atoms with van der Waals surface area (Å²) in [6.45, 7) is 1.95. The van der Waals surface area contributed by atoms with E-state index in [4.69, 9.17) is 0 Å². The lowest BCUT2D eigenvalue weighted by Gasteiger charge is -2.12. The number of anilines is 2. The first-order chi connectivity index (χ1) is 14.0. The average molecular weight is 387 g/mol. The fraction of sp³-hybridized carbons (Fsp3) is 0.130. The number of carbonyl (C=O) groups excluding carboxylic acids is 3. The molecule has 0 aliphatic carbocycles. The molecule has 2 amide bonds. The zero-order valence-electron chi connectivity index (χ0n) is 16.0. The van der Waals surface area contributed by atoms with Crippen LogP contribution in [-0.2, 0) is 4.79 Å². The largest absolute Gasteiger partial charge is 0.324 e. The van der Waals surface area contributed by atoms with Gasteiger partial charge in [0, 0.05) is 30.8 Å². The summed E-state index contributed by atoms with van der Waals surface area (Å²) >= 11 is 0. The number of rotatable bonds is 7. The molecule has 1 aromatic heterocycles. The molecule has 0 radical (unpaired) electrons. The third kappa shape index (κ3) is 5.59. The van der Waals surface area contributed by atoms with Crippen LogP contribution in [0.4, 0.5) is 11.4 Å². The maximum atomic E-state index is 12.3. The van der Waals surface area contributed by atoms with Gasteiger partial charge in [-0.1, -0.05) is 42.0 Å². The molecule has 2 N–H and O–H groups in total. The Morgan fingerprint density at radius 3 is 2.14 bits per heavy atom. The number of para-hydroxylation sites is 2. The minimum Gasteiger partial charge on any atom is -0.324 e. The van der Waals surface area contributed by atoms with E-state index in [1.54, 1.807) is 54.7 Å². The molecule has 3 aromatic rings. The number of hydrogen-bond donors (Lipinski definition) is 2. The van der Waals surface area contributed by atoms with E-state index >= 15 is 0 Å². The second-order valence-corrected chi connectivity index (χ2v) is 6.58. The zero-order valence-corrected chi connectivity index (χ0v) is 16.0. The Kier molecular flexibility index (Phi) is 6.47. The molecule has 6 heteroatoms. The Morgan fingerprint density at radius 2 is 1.48 bits per heavy atom. The van der Waals surface area contributed by atoms with Crippen molar-refractivity contribution in [1.82, 2.24) is 4.98 Å². The van der Waals surface area contributed by atoms with Crippen LogP contribution >= 0.6 is 0 Å². The van der Waals surface area contributed by atoms with Crippen LogP contribution in [0, 0.1) is 6.92 Å². The SMILES string of the molecule is Cc1ccc(C(=O)CCC(=O)Nc2ccccc2NC(=O)c2cccnc2)cc1. The summed E-state index contributed by atoms with van der Waals surface area (Å²) in [5.41, 5.74) is 3.02. The highest BCUT2D eigenvalue weighted by molar-refractivity contribution is 6.07. The third-order valence-corrected chi connectivity index (χ3v) is 4.33. The Balaban J connectivity index is 1.60. The zero-order chi connectivity index (χ0) is 20.6. The summed E-state index contributed by atoms with van der Waals surface area (Å²) in [5, 5.41) is 5.53. The molecule has 0 spiro atoms. The molecule has 1 heterocycles. The van der Waals surface area contributed by atoms with Gasteiger partial charge in [0.15, 0.2) is 5.78 Å². The van der Waals surface area contributed by atoms with Crippen molar-refractivity contribution in [3.8, 4) is 0 Å². The van der Waals surface area contributed by atoms with Gasteiger partial charge >= 0.3 is 0 Å². The summed E-state index contributed by atoms with van der Waals surface area (Å²) in [6, 6.07) is 17.5. The number of carbonyl (C=O) groups is 3. The van der Waals surface area contributed by atoms with Gasteiger partial charge < -0.3 is 10.6 Å². The fourth-order valence-corrected chi connectivity index (χ4v) is 2.72. The molecule has 0 atom stereocenters. The quantitative estimate of drug-likeness (QED) is 0.594. The second kappa shape index (κ2) is 9.41. The van der Waals surface area contributed by atoms with Crippen molar-refractivity contribution >= 4 is 29.0 Å². The van der Waals surface area contributed by atoms with Gasteiger partial charge in [0.25, 0.3) is 5.91 Å². The van der Waals surface area contributed by atoms with Crippen LogP contribution in [-0.4, -0.2) is 22.6 Å². The van der Waals surface area contributed by atoms with Crippen LogP contribution < -0.4 is 10.6 Å². The fourth-order valence-electron chi connectivity index (χ4n) is 2.72. The van der Waals surface area contributed by atoms with E-state index in [9.17, 15) is 14.4 Å². The first-order valence-corrected chi connectivity index (χ1v) is 9.23. The number of nitrogens with zero attached hydrogens (tertiary/aromatic N) is 1. The maximum absolute atomic E-state index is 12.3. The summed E-state index contributed by atoms with van der Waals surface area (Å²) in [7, 11) is 0. The number of nitrogens with one attached hydrogen (secondary N) is 2. The summed E-state index contributed by atoms with van der Waals surface area (Å²) in [6.07, 6.45) is 3.22. The minimum absolute atomic E-state index is 0.0532. The molecule has 29 heavy (non-hydrogen) atoms. The molecule has 0 fully saturated rings. The lowest BCUT2D eigenvalue weighted by Crippen LogP contribution is -2.17. The summed E-state index contributed by atoms with van der Waals surface area (Å²) in [5.74, 6) is -0.707. The van der Waals surface area contributed by atoms with E-state index < -0.39 is 0 Å². The highest BCUT2D eigenvalue weighted by Gasteiger charge is 2.13. The highest BCUT2D eigenvalue weighted by Crippen LogP contribution is 2.22. The normalized spacial score (nSPS) is 10.2. The van der Waals surface area contributed by atoms with E-state index in [1.165, 1.54) is 6.20 Å². The summed E-state index contributed by atoms with van der Waals surface area (Å²) in [4.78, 5) is 40.8. The minimum atomic E-state index is -0.325. The lowest BCUT2D eigenvalue weighted by atomic mass is 10.0. The van der Waals surface area contributed by atoms with Crippen molar-refractivity contribution in [1.29, 1.82) is 0 Å². The molecule has 0 aliphatic heterocycles. The second-order valence-electron chi connectivity index (χ2n) is 6.58. The van der Waals surface area contributed by atoms with Gasteiger partial charge in [-0.15, -0.1) is 0 Å². The van der Waals surface area contributed by atoms with Crippen LogP contribution in [0.15, 0.2) is 73.1 Å². The molecule has 6 nitrogen and oxygen atoms in total. The van der Waals surface area contributed by atoms with Gasteiger partial charge in [0.05, 0.1) is 16.9 Å². The number of aromatic nitrogens is 1. The van der Waals surface area contributed by atoms with Crippen molar-refractivity contribution < 1.29 is 14.4 Å². The molecule has 0 unspecified atom stereocenters. The van der Waals surface area contributed by atoms with Gasteiger partial charge in [0.1, 0.15) is 0 Å². The smallest absolute Gasteiger partial charge is 0.257 e. The van der Waals surface area contributed by atoms with Crippen molar-refractivity contribution in [3.63, 3.8) is 0 Å². The predicted octanol–water partition coefficient (Wildman–Crippen LogP) is 4.24. The number of ketones is 1. The van der Waals surface area contributed by atoms with E-state index in [2.05, 4.69) is 15.6 Å². The van der Waals surface area contributed by atoms with Gasteiger partial charge in [-0.25, -0.2) is 0 Å². The molecule has 146 valence electrons. The molecule has 0 saturated carbocycles. The van der Waals surface area contributed by atoms with E-state index in [0.29, 0.717) is 22.5 Å². The topological polar surface area (TPSA) is 88.2 Å². The van der Waals surface area contributed by atoms with Crippen molar-refractivity contribution in [2.75, 3.05) is 10.6 Å². The summed E-state index contributed by atoms with van der Waals surface area (Å²) < 4.78 is 0. The molecule has 0 bridgehead atoms. The third-order valence-electron chi connectivity index (χ3n) is 4.33. The lowest BCUT2D eigenvalue weighted by molar-refractivity contribution is -0.116. The first kappa shape index (κ1) is 19.9. The van der Waals surface area contributed by atoms with Crippen LogP contribution in [0.5, 0.6) is 0 Å². The van der Waals surface area contributed by atoms with Gasteiger partial charge in [-0.05, 0) is 31.2 Å². The molecular formula is C23H21N3O3. The maximum Gasteiger partial charge on any atom is 0.257 e. The van der Waals surface area contributed by atoms with Gasteiger partial charge in [-0.3, -0.25) is 19.4 Å². The van der Waals surface area contributed by atoms with Crippen LogP contribution in [0.25, 0.3) is 0 Å². The first-order valence-electron chi connectivity index (χ1n) is 9.23. The number of benzene rings is 2. The number of pyridine rings is 1. The Morgan fingerprint density at radius 1 is 0.793 bits per heavy atom. The molecule has 0 aliphatic rings. The molecular weight excluding hydrogens is 366 g/mol. The molecule has 3 rings (SSSR count). The van der Waals surface area contributed by atoms with E-state index in [1.807, 2.05) is 19.1 Å².